The lowest BCUT2D eigenvalue weighted by atomic mass is 10.1. The Morgan fingerprint density at radius 3 is 2.54 bits per heavy atom. The van der Waals surface area contributed by atoms with Crippen LogP contribution in [0.25, 0.3) is 11.2 Å². The molecule has 19 heteroatoms. The maximum Gasteiger partial charge on any atom is 0.481 e. The first kappa shape index (κ1) is 33.1. The van der Waals surface area contributed by atoms with Crippen molar-refractivity contribution in [3.05, 3.63) is 77.8 Å². The van der Waals surface area contributed by atoms with Gasteiger partial charge in [0.2, 0.25) is 5.28 Å². The summed E-state index contributed by atoms with van der Waals surface area (Å²) in [7, 11) is -9.87. The van der Waals surface area contributed by atoms with Crippen LogP contribution < -0.4 is 10.3 Å². The van der Waals surface area contributed by atoms with Crippen LogP contribution in [0.4, 0.5) is 5.82 Å². The summed E-state index contributed by atoms with van der Waals surface area (Å²) in [6.45, 7) is -0.543. The number of anilines is 1. The number of ether oxygens (including phenoxy) is 2. The number of fused-ring (bicyclic) bond motifs is 2. The van der Waals surface area contributed by atoms with E-state index in [1.807, 2.05) is 6.07 Å². The fourth-order valence-electron chi connectivity index (χ4n) is 6.16. The lowest BCUT2D eigenvalue weighted by Crippen LogP contribution is -2.37. The van der Waals surface area contributed by atoms with Crippen LogP contribution in [-0.2, 0) is 38.8 Å². The zero-order valence-corrected chi connectivity index (χ0v) is 27.6. The van der Waals surface area contributed by atoms with Gasteiger partial charge in [-0.1, -0.05) is 48.5 Å². The minimum absolute atomic E-state index is 0.0184. The number of carbonyl (C=O) groups is 1. The number of phosphoric ester groups is 1. The quantitative estimate of drug-likeness (QED) is 0.108. The molecule has 8 atom stereocenters. The molecular formula is C29H31ClN6O10P2. The number of carbonyl (C=O) groups excluding carboxylic acids is 1. The summed E-state index contributed by atoms with van der Waals surface area (Å²) in [5.41, 5.74) is 7.38. The number of nitrogen functional groups attached to an aromatic ring is 1. The first-order valence-electron chi connectivity index (χ1n) is 15.0. The third kappa shape index (κ3) is 6.60. The first-order valence-corrected chi connectivity index (χ1v) is 18.4. The predicted molar refractivity (Wildman–Crippen MR) is 169 cm³/mol. The van der Waals surface area contributed by atoms with Crippen LogP contribution in [0.2, 0.25) is 5.28 Å². The second-order valence-electron chi connectivity index (χ2n) is 11.5. The Bertz CT molecular complexity index is 1910. The Labute approximate surface area is 278 Å². The van der Waals surface area contributed by atoms with Crippen LogP contribution in [0.1, 0.15) is 24.4 Å². The molecular weight excluding hydrogens is 690 g/mol. The molecule has 2 aromatic heterocycles. The van der Waals surface area contributed by atoms with Crippen molar-refractivity contribution >= 4 is 50.1 Å². The Morgan fingerprint density at radius 1 is 1.10 bits per heavy atom. The van der Waals surface area contributed by atoms with Crippen LogP contribution in [0.3, 0.4) is 0 Å². The zero-order valence-electron chi connectivity index (χ0n) is 25.1. The lowest BCUT2D eigenvalue weighted by Gasteiger charge is -2.31. The number of rotatable bonds is 12. The molecule has 254 valence electrons. The SMILES string of the molecule is Nc1nc(Cl)nc2c1ncn2C1C2OC(COP(=O)(O)OP(=O)(Oc3ccccc3)N3CCC[C@H]3C(=O)OCc3ccccc3)C(O)C21. The zero-order chi connectivity index (χ0) is 33.6. The molecule has 1 aliphatic carbocycles. The second-order valence-corrected chi connectivity index (χ2v) is 15.4. The Balaban J connectivity index is 1.02. The molecule has 4 aromatic rings. The van der Waals surface area contributed by atoms with Crippen molar-refractivity contribution in [1.29, 1.82) is 0 Å². The third-order valence-electron chi connectivity index (χ3n) is 8.43. The molecule has 0 bridgehead atoms. The molecule has 0 amide bonds. The highest BCUT2D eigenvalue weighted by atomic mass is 35.5. The number of benzene rings is 2. The Hall–Kier alpha value is -3.43. The molecule has 2 aliphatic heterocycles. The van der Waals surface area contributed by atoms with Crippen molar-refractivity contribution in [2.75, 3.05) is 18.9 Å². The molecule has 0 spiro atoms. The predicted octanol–water partition coefficient (Wildman–Crippen LogP) is 3.89. The maximum atomic E-state index is 14.4. The van der Waals surface area contributed by atoms with Crippen molar-refractivity contribution in [1.82, 2.24) is 24.2 Å². The van der Waals surface area contributed by atoms with Crippen LogP contribution in [-0.4, -0.2) is 77.7 Å². The number of aliphatic hydroxyl groups excluding tert-OH is 1. The molecule has 3 fully saturated rings. The molecule has 0 radical (unpaired) electrons. The third-order valence-corrected chi connectivity index (χ3v) is 12.3. The van der Waals surface area contributed by atoms with Gasteiger partial charge in [0.25, 0.3) is 0 Å². The molecule has 3 aliphatic rings. The topological polar surface area (TPSA) is 211 Å². The van der Waals surface area contributed by atoms with Gasteiger partial charge < -0.3 is 34.3 Å². The van der Waals surface area contributed by atoms with Gasteiger partial charge in [-0.25, -0.2) is 14.1 Å². The van der Waals surface area contributed by atoms with E-state index < -0.39 is 58.4 Å². The Morgan fingerprint density at radius 2 is 1.83 bits per heavy atom. The van der Waals surface area contributed by atoms with Crippen molar-refractivity contribution < 1.29 is 46.8 Å². The number of imidazole rings is 1. The van der Waals surface area contributed by atoms with Gasteiger partial charge in [-0.2, -0.15) is 18.9 Å². The van der Waals surface area contributed by atoms with Gasteiger partial charge in [-0.3, -0.25) is 9.32 Å². The van der Waals surface area contributed by atoms with Crippen LogP contribution in [0.15, 0.2) is 67.0 Å². The van der Waals surface area contributed by atoms with Gasteiger partial charge in [0.15, 0.2) is 11.5 Å². The average molecular weight is 721 g/mol. The van der Waals surface area contributed by atoms with E-state index in [-0.39, 0.29) is 42.5 Å². The highest BCUT2D eigenvalue weighted by Gasteiger charge is 2.65. The number of esters is 1. The van der Waals surface area contributed by atoms with Crippen LogP contribution >= 0.6 is 27.2 Å². The fourth-order valence-corrected chi connectivity index (χ4v) is 9.84. The van der Waals surface area contributed by atoms with Gasteiger partial charge >= 0.3 is 21.5 Å². The number of hydrogen-bond acceptors (Lipinski definition) is 13. The van der Waals surface area contributed by atoms with E-state index in [0.29, 0.717) is 17.6 Å². The monoisotopic (exact) mass is 720 g/mol. The summed E-state index contributed by atoms with van der Waals surface area (Å²) >= 11 is 5.97. The van der Waals surface area contributed by atoms with E-state index >= 15 is 0 Å². The molecule has 2 saturated heterocycles. The largest absolute Gasteiger partial charge is 0.481 e. The number of phosphoric acid groups is 1. The molecule has 7 rings (SSSR count). The number of aromatic nitrogens is 4. The second kappa shape index (κ2) is 13.1. The summed E-state index contributed by atoms with van der Waals surface area (Å²) in [4.78, 5) is 36.3. The number of nitrogens with zero attached hydrogens (tertiary/aromatic N) is 5. The molecule has 16 nitrogen and oxygen atoms in total. The highest BCUT2D eigenvalue weighted by molar-refractivity contribution is 7.63. The number of aliphatic hydroxyl groups is 1. The van der Waals surface area contributed by atoms with E-state index in [9.17, 15) is 23.9 Å². The molecule has 4 heterocycles. The van der Waals surface area contributed by atoms with E-state index in [0.717, 1.165) is 10.2 Å². The number of halogens is 1. The summed E-state index contributed by atoms with van der Waals surface area (Å²) in [6.07, 6.45) is -0.448. The minimum atomic E-state index is -5.15. The molecule has 7 unspecified atom stereocenters. The number of para-hydroxylation sites is 1. The lowest BCUT2D eigenvalue weighted by molar-refractivity contribution is -0.149. The van der Waals surface area contributed by atoms with Gasteiger partial charge in [-0.05, 0) is 42.1 Å². The first-order chi connectivity index (χ1) is 23.0. The number of nitrogens with two attached hydrogens (primary N) is 1. The van der Waals surface area contributed by atoms with E-state index in [4.69, 9.17) is 40.2 Å². The summed E-state index contributed by atoms with van der Waals surface area (Å²) in [5.74, 6) is -0.919. The smallest absolute Gasteiger partial charge is 0.460 e. The van der Waals surface area contributed by atoms with Crippen molar-refractivity contribution in [2.45, 2.75) is 49.8 Å². The minimum Gasteiger partial charge on any atom is -0.460 e. The summed E-state index contributed by atoms with van der Waals surface area (Å²) in [5, 5.41) is 10.9. The van der Waals surface area contributed by atoms with Crippen LogP contribution in [0, 0.1) is 5.92 Å². The standard InChI is InChI=1S/C29H31ClN6O10P2/c30-29-33-26(31)22-27(34-29)35(16-32-22)23-21-24(37)20(44-25(21)23)15-43-48(40,41)46-47(39,45-18-10-5-2-6-11-18)36-13-7-12-19(36)28(38)42-14-17-8-3-1-4-9-17/h1-6,8-11,16,19-21,23-25,37H,7,12-15H2,(H,40,41)(H2,31,33,34)/t19-,20?,21?,23?,24?,25?,47?/m0/s1. The summed E-state index contributed by atoms with van der Waals surface area (Å²) < 4.78 is 58.1. The molecule has 1 saturated carbocycles. The number of hydrogen-bond donors (Lipinski definition) is 3. The Kier molecular flexibility index (Phi) is 9.04. The van der Waals surface area contributed by atoms with Crippen molar-refractivity contribution in [2.24, 2.45) is 5.92 Å². The average Bonchev–Trinajstić information content (AvgIpc) is 3.40. The highest BCUT2D eigenvalue weighted by Crippen LogP contribution is 2.66. The molecule has 4 N–H and O–H groups in total. The maximum absolute atomic E-state index is 14.4. The van der Waals surface area contributed by atoms with Gasteiger partial charge in [0, 0.05) is 12.5 Å². The normalized spacial score (nSPS) is 27.6. The summed E-state index contributed by atoms with van der Waals surface area (Å²) in [6, 6.07) is 15.5. The van der Waals surface area contributed by atoms with E-state index in [2.05, 4.69) is 15.0 Å². The van der Waals surface area contributed by atoms with Gasteiger partial charge in [0.05, 0.1) is 31.2 Å². The van der Waals surface area contributed by atoms with E-state index in [1.54, 1.807) is 47.0 Å². The van der Waals surface area contributed by atoms with Gasteiger partial charge in [0.1, 0.15) is 30.0 Å². The molecule has 48 heavy (non-hydrogen) atoms. The molecule has 2 aromatic carbocycles. The van der Waals surface area contributed by atoms with E-state index in [1.165, 1.54) is 18.5 Å². The van der Waals surface area contributed by atoms with Crippen LogP contribution in [0.5, 0.6) is 5.75 Å². The van der Waals surface area contributed by atoms with Crippen molar-refractivity contribution in [3.8, 4) is 5.75 Å². The van der Waals surface area contributed by atoms with Crippen molar-refractivity contribution in [3.63, 3.8) is 0 Å². The fraction of sp³-hybridized carbons (Fsp3) is 0.379. The van der Waals surface area contributed by atoms with Gasteiger partial charge in [-0.15, -0.1) is 0 Å².